The number of rotatable bonds is 12. The highest BCUT2D eigenvalue weighted by molar-refractivity contribution is 6.37. The molecule has 2 aliphatic carbocycles. The third-order valence-electron chi connectivity index (χ3n) is 8.65. The van der Waals surface area contributed by atoms with Crippen LogP contribution in [0.1, 0.15) is 87.0 Å². The van der Waals surface area contributed by atoms with Gasteiger partial charge in [-0.25, -0.2) is 4.79 Å². The molecule has 3 rings (SSSR count). The molecule has 0 aromatic rings. The first kappa shape index (κ1) is 32.3. The van der Waals surface area contributed by atoms with Gasteiger partial charge >= 0.3 is 6.03 Å². The molecule has 11 nitrogen and oxygen atoms in total. The topological polar surface area (TPSA) is 168 Å². The third-order valence-corrected chi connectivity index (χ3v) is 8.65. The standard InChI is InChI=1S/C30H47N5O6/c1-16(2)13-18(36)11-12-20(33-28(41)34-29(3,4)5)27(40)35-15-19-22(30(19,6)7)23(35)26(39)32-21(24(37)25(31)38)14-17-9-8-10-17/h13,17,19-23H,8-12,14-15H2,1-7H3,(H2,31,38)(H,32,39)(H2,33,34,41)/t19?,20-,21?,22-,23?/m0/s1. The first-order valence-corrected chi connectivity index (χ1v) is 14.6. The maximum Gasteiger partial charge on any atom is 0.315 e. The van der Waals surface area contributed by atoms with Gasteiger partial charge in [-0.3, -0.25) is 24.0 Å². The minimum Gasteiger partial charge on any atom is -0.363 e. The van der Waals surface area contributed by atoms with Gasteiger partial charge in [0.15, 0.2) is 5.78 Å². The maximum absolute atomic E-state index is 14.0. The lowest BCUT2D eigenvalue weighted by Crippen LogP contribution is -2.59. The largest absolute Gasteiger partial charge is 0.363 e. The predicted molar refractivity (Wildman–Crippen MR) is 153 cm³/mol. The molecule has 1 saturated heterocycles. The predicted octanol–water partition coefficient (Wildman–Crippen LogP) is 1.98. The summed E-state index contributed by atoms with van der Waals surface area (Å²) < 4.78 is 0. The lowest BCUT2D eigenvalue weighted by atomic mass is 9.80. The molecule has 3 fully saturated rings. The number of Topliss-reactive ketones (excluding diaryl/α,β-unsaturated/α-hetero) is 1. The Morgan fingerprint density at radius 1 is 1.02 bits per heavy atom. The normalized spacial score (nSPS) is 24.2. The number of urea groups is 1. The molecule has 0 aromatic heterocycles. The van der Waals surface area contributed by atoms with Crippen molar-refractivity contribution in [2.75, 3.05) is 6.54 Å². The van der Waals surface area contributed by atoms with Crippen LogP contribution in [0.25, 0.3) is 0 Å². The van der Waals surface area contributed by atoms with E-state index in [1.54, 1.807) is 13.8 Å². The zero-order valence-corrected chi connectivity index (χ0v) is 25.5. The lowest BCUT2D eigenvalue weighted by molar-refractivity contribution is -0.144. The highest BCUT2D eigenvalue weighted by Gasteiger charge is 2.69. The molecule has 5 atom stereocenters. The monoisotopic (exact) mass is 573 g/mol. The van der Waals surface area contributed by atoms with Crippen LogP contribution in [0.3, 0.4) is 0 Å². The second-order valence-electron chi connectivity index (χ2n) is 13.8. The van der Waals surface area contributed by atoms with E-state index < -0.39 is 53.2 Å². The van der Waals surface area contributed by atoms with Crippen molar-refractivity contribution in [3.05, 3.63) is 11.6 Å². The Morgan fingerprint density at radius 2 is 1.66 bits per heavy atom. The highest BCUT2D eigenvalue weighted by Crippen LogP contribution is 2.65. The minimum atomic E-state index is -1.10. The Kier molecular flexibility index (Phi) is 9.70. The first-order chi connectivity index (χ1) is 18.9. The second-order valence-corrected chi connectivity index (χ2v) is 13.8. The van der Waals surface area contributed by atoms with Crippen LogP contribution in [0.5, 0.6) is 0 Å². The number of allylic oxidation sites excluding steroid dienone is 2. The van der Waals surface area contributed by atoms with Gasteiger partial charge in [0.2, 0.25) is 17.6 Å². The summed E-state index contributed by atoms with van der Waals surface area (Å²) in [6.45, 7) is 13.4. The lowest BCUT2D eigenvalue weighted by Gasteiger charge is -2.35. The average molecular weight is 574 g/mol. The van der Waals surface area contributed by atoms with Gasteiger partial charge in [-0.2, -0.15) is 0 Å². The molecule has 0 aromatic carbocycles. The molecule has 2 saturated carbocycles. The maximum atomic E-state index is 14.0. The number of piperidine rings is 1. The molecule has 0 radical (unpaired) electrons. The van der Waals surface area contributed by atoms with Crippen LogP contribution in [0.15, 0.2) is 11.6 Å². The summed E-state index contributed by atoms with van der Waals surface area (Å²) in [6.07, 6.45) is 4.80. The molecular formula is C30H47N5O6. The van der Waals surface area contributed by atoms with Gasteiger partial charge in [-0.15, -0.1) is 0 Å². The van der Waals surface area contributed by atoms with Crippen LogP contribution in [0, 0.1) is 23.2 Å². The van der Waals surface area contributed by atoms with E-state index in [1.807, 2.05) is 34.6 Å². The van der Waals surface area contributed by atoms with Crippen molar-refractivity contribution in [3.8, 4) is 0 Å². The van der Waals surface area contributed by atoms with E-state index in [0.29, 0.717) is 13.0 Å². The van der Waals surface area contributed by atoms with Crippen LogP contribution in [-0.4, -0.2) is 70.4 Å². The molecule has 0 bridgehead atoms. The molecular weight excluding hydrogens is 526 g/mol. The van der Waals surface area contributed by atoms with Crippen molar-refractivity contribution in [1.82, 2.24) is 20.9 Å². The number of amides is 5. The van der Waals surface area contributed by atoms with Crippen molar-refractivity contribution in [2.45, 2.75) is 111 Å². The molecule has 5 N–H and O–H groups in total. The van der Waals surface area contributed by atoms with Crippen molar-refractivity contribution in [2.24, 2.45) is 28.9 Å². The number of likely N-dealkylation sites (tertiary alicyclic amines) is 1. The number of fused-ring (bicyclic) bond motifs is 1. The zero-order chi connectivity index (χ0) is 30.9. The van der Waals surface area contributed by atoms with Crippen LogP contribution < -0.4 is 21.7 Å². The third kappa shape index (κ3) is 7.95. The summed E-state index contributed by atoms with van der Waals surface area (Å²) in [7, 11) is 0. The van der Waals surface area contributed by atoms with Crippen LogP contribution in [0.2, 0.25) is 0 Å². The van der Waals surface area contributed by atoms with Crippen molar-refractivity contribution in [3.63, 3.8) is 0 Å². The summed E-state index contributed by atoms with van der Waals surface area (Å²) in [5, 5.41) is 8.26. The number of primary amides is 1. The summed E-state index contributed by atoms with van der Waals surface area (Å²) >= 11 is 0. The SMILES string of the molecule is CC(C)=CC(=O)CC[C@H](NC(=O)NC(C)(C)C)C(=O)N1CC2[C@@H](C1C(=O)NC(CC1CCC1)C(=O)C(N)=O)C2(C)C. The molecule has 5 amide bonds. The highest BCUT2D eigenvalue weighted by atomic mass is 16.2. The Morgan fingerprint density at radius 3 is 2.17 bits per heavy atom. The Bertz CT molecular complexity index is 1110. The van der Waals surface area contributed by atoms with Crippen molar-refractivity contribution in [1.29, 1.82) is 0 Å². The van der Waals surface area contributed by atoms with Crippen LogP contribution >= 0.6 is 0 Å². The molecule has 1 aliphatic heterocycles. The number of carbonyl (C=O) groups excluding carboxylic acids is 6. The zero-order valence-electron chi connectivity index (χ0n) is 25.5. The summed E-state index contributed by atoms with van der Waals surface area (Å²) in [4.78, 5) is 78.8. The number of nitrogens with zero attached hydrogens (tertiary/aromatic N) is 1. The van der Waals surface area contributed by atoms with E-state index >= 15 is 0 Å². The number of nitrogens with one attached hydrogen (secondary N) is 3. The number of carbonyl (C=O) groups is 6. The molecule has 11 heteroatoms. The van der Waals surface area contributed by atoms with E-state index in [2.05, 4.69) is 16.0 Å². The molecule has 3 aliphatic rings. The van der Waals surface area contributed by atoms with E-state index in [0.717, 1.165) is 24.8 Å². The average Bonchev–Trinajstić information content (AvgIpc) is 3.13. The fourth-order valence-electron chi connectivity index (χ4n) is 6.21. The smallest absolute Gasteiger partial charge is 0.315 e. The Labute approximate surface area is 242 Å². The Hall–Kier alpha value is -3.24. The minimum absolute atomic E-state index is 0.0387. The van der Waals surface area contributed by atoms with Gasteiger partial charge in [0, 0.05) is 18.5 Å². The van der Waals surface area contributed by atoms with Crippen molar-refractivity contribution >= 4 is 35.3 Å². The van der Waals surface area contributed by atoms with Gasteiger partial charge in [0.25, 0.3) is 5.91 Å². The molecule has 41 heavy (non-hydrogen) atoms. The molecule has 1 heterocycles. The molecule has 228 valence electrons. The van der Waals surface area contributed by atoms with Crippen LogP contribution in [-0.2, 0) is 24.0 Å². The number of hydrogen-bond acceptors (Lipinski definition) is 6. The first-order valence-electron chi connectivity index (χ1n) is 14.6. The molecule has 0 spiro atoms. The van der Waals surface area contributed by atoms with E-state index in [4.69, 9.17) is 5.73 Å². The fourth-order valence-corrected chi connectivity index (χ4v) is 6.21. The Balaban J connectivity index is 1.83. The molecule has 3 unspecified atom stereocenters. The van der Waals surface area contributed by atoms with E-state index in [-0.39, 0.29) is 41.8 Å². The van der Waals surface area contributed by atoms with Crippen molar-refractivity contribution < 1.29 is 28.8 Å². The van der Waals surface area contributed by atoms with Gasteiger partial charge in [-0.1, -0.05) is 38.7 Å². The summed E-state index contributed by atoms with van der Waals surface area (Å²) in [6, 6.07) is -3.52. The fraction of sp³-hybridized carbons (Fsp3) is 0.733. The van der Waals surface area contributed by atoms with Crippen LogP contribution in [0.4, 0.5) is 4.79 Å². The van der Waals surface area contributed by atoms with E-state index in [9.17, 15) is 28.8 Å². The second kappa shape index (κ2) is 12.3. The summed E-state index contributed by atoms with van der Waals surface area (Å²) in [5.74, 6) is -2.93. The van der Waals surface area contributed by atoms with Gasteiger partial charge in [-0.05, 0) is 76.7 Å². The van der Waals surface area contributed by atoms with Gasteiger partial charge in [0.1, 0.15) is 12.1 Å². The number of nitrogens with two attached hydrogens (primary N) is 1. The van der Waals surface area contributed by atoms with E-state index in [1.165, 1.54) is 11.0 Å². The number of ketones is 2. The quantitative estimate of drug-likeness (QED) is 0.206. The number of hydrogen-bond donors (Lipinski definition) is 4. The van der Waals surface area contributed by atoms with Gasteiger partial charge in [0.05, 0.1) is 6.04 Å². The summed E-state index contributed by atoms with van der Waals surface area (Å²) in [5.41, 5.74) is 5.37. The van der Waals surface area contributed by atoms with Gasteiger partial charge < -0.3 is 26.6 Å².